The van der Waals surface area contributed by atoms with Crippen molar-refractivity contribution in [2.75, 3.05) is 31.6 Å². The number of allylic oxidation sites excluding steroid dienone is 1. The number of aromatic nitrogens is 3. The van der Waals surface area contributed by atoms with Gasteiger partial charge in [-0.05, 0) is 80.5 Å². The predicted molar refractivity (Wildman–Crippen MR) is 145 cm³/mol. The van der Waals surface area contributed by atoms with Crippen LogP contribution in [0.15, 0.2) is 48.8 Å². The molecular weight excluding hydrogens is 486 g/mol. The molecule has 1 saturated heterocycles. The summed E-state index contributed by atoms with van der Waals surface area (Å²) >= 11 is 6.06. The number of aryl methyl sites for hydroxylation is 1. The maximum Gasteiger partial charge on any atom is 0.259 e. The lowest BCUT2D eigenvalue weighted by atomic mass is 9.90. The number of amides is 1. The third-order valence-corrected chi connectivity index (χ3v) is 7.92. The van der Waals surface area contributed by atoms with Gasteiger partial charge in [-0.25, -0.2) is 4.68 Å². The standard InChI is InChI=1S/C29H32ClN5O2/c1-19-16-23(17-31-27(19)20-4-8-24(9-5-20)34-12-14-37-15-13-34)33-29(36)26-18-32-35(28(26)21-2-3-21)25-10-6-22(30)7-11-25/h4,6-7,10-11,16-18,21,24H,2-3,5,8-9,12-15H2,1H3,(H,33,36). The fraction of sp³-hybridized carbons (Fsp3) is 0.414. The summed E-state index contributed by atoms with van der Waals surface area (Å²) in [5.41, 5.74) is 6.60. The lowest BCUT2D eigenvalue weighted by Gasteiger charge is -2.36. The van der Waals surface area contributed by atoms with Crippen LogP contribution in [0.1, 0.15) is 65.3 Å². The van der Waals surface area contributed by atoms with E-state index in [4.69, 9.17) is 21.3 Å². The average Bonchev–Trinajstić information content (AvgIpc) is 3.67. The summed E-state index contributed by atoms with van der Waals surface area (Å²) in [4.78, 5) is 20.6. The molecule has 0 bridgehead atoms. The molecule has 1 atom stereocenters. The molecule has 2 aromatic heterocycles. The maximum absolute atomic E-state index is 13.3. The van der Waals surface area contributed by atoms with Gasteiger partial charge >= 0.3 is 0 Å². The fourth-order valence-electron chi connectivity index (χ4n) is 5.56. The first-order valence-corrected chi connectivity index (χ1v) is 13.6. The summed E-state index contributed by atoms with van der Waals surface area (Å²) in [5.74, 6) is 0.196. The maximum atomic E-state index is 13.3. The summed E-state index contributed by atoms with van der Waals surface area (Å²) < 4.78 is 7.37. The molecule has 0 radical (unpaired) electrons. The van der Waals surface area contributed by atoms with Crippen LogP contribution >= 0.6 is 11.6 Å². The Labute approximate surface area is 222 Å². The third-order valence-electron chi connectivity index (χ3n) is 7.67. The first-order valence-electron chi connectivity index (χ1n) is 13.2. The van der Waals surface area contributed by atoms with Crippen molar-refractivity contribution < 1.29 is 9.53 Å². The summed E-state index contributed by atoms with van der Waals surface area (Å²) in [5, 5.41) is 8.29. The third kappa shape index (κ3) is 5.21. The number of nitrogens with one attached hydrogen (secondary N) is 1. The summed E-state index contributed by atoms with van der Waals surface area (Å²) in [6, 6.07) is 10.2. The second-order valence-electron chi connectivity index (χ2n) is 10.3. The van der Waals surface area contributed by atoms with E-state index in [1.54, 1.807) is 12.4 Å². The van der Waals surface area contributed by atoms with Crippen LogP contribution in [0.4, 0.5) is 5.69 Å². The summed E-state index contributed by atoms with van der Waals surface area (Å²) in [6.07, 6.45) is 11.1. The first-order chi connectivity index (χ1) is 18.1. The molecule has 7 nitrogen and oxygen atoms in total. The Morgan fingerprint density at radius 2 is 1.89 bits per heavy atom. The average molecular weight is 518 g/mol. The summed E-state index contributed by atoms with van der Waals surface area (Å²) in [6.45, 7) is 5.80. The van der Waals surface area contributed by atoms with Crippen molar-refractivity contribution in [1.82, 2.24) is 19.7 Å². The molecule has 1 N–H and O–H groups in total. The van der Waals surface area contributed by atoms with Crippen LogP contribution in [0.2, 0.25) is 5.02 Å². The number of hydrogen-bond donors (Lipinski definition) is 1. The molecule has 3 aromatic rings. The Balaban J connectivity index is 1.16. The lowest BCUT2D eigenvalue weighted by molar-refractivity contribution is 0.0150. The first kappa shape index (κ1) is 24.3. The quantitative estimate of drug-likeness (QED) is 0.459. The van der Waals surface area contributed by atoms with Crippen LogP contribution in [0, 0.1) is 6.92 Å². The number of benzene rings is 1. The van der Waals surface area contributed by atoms with E-state index in [0.717, 1.165) is 81.0 Å². The zero-order valence-corrected chi connectivity index (χ0v) is 21.9. The van der Waals surface area contributed by atoms with E-state index in [9.17, 15) is 4.79 Å². The molecule has 1 unspecified atom stereocenters. The Hall–Kier alpha value is -3.00. The molecule has 1 aromatic carbocycles. The van der Waals surface area contributed by atoms with E-state index in [1.807, 2.05) is 35.0 Å². The van der Waals surface area contributed by atoms with Gasteiger partial charge in [-0.3, -0.25) is 14.7 Å². The molecule has 1 saturated carbocycles. The lowest BCUT2D eigenvalue weighted by Crippen LogP contribution is -2.43. The van der Waals surface area contributed by atoms with E-state index >= 15 is 0 Å². The minimum atomic E-state index is -0.152. The van der Waals surface area contributed by atoms with Crippen LogP contribution in [0.3, 0.4) is 0 Å². The normalized spacial score (nSPS) is 20.5. The van der Waals surface area contributed by atoms with Gasteiger partial charge in [0.2, 0.25) is 0 Å². The van der Waals surface area contributed by atoms with Crippen molar-refractivity contribution in [1.29, 1.82) is 0 Å². The molecule has 1 aliphatic heterocycles. The van der Waals surface area contributed by atoms with Crippen LogP contribution in [0.25, 0.3) is 11.3 Å². The van der Waals surface area contributed by atoms with Crippen molar-refractivity contribution in [2.45, 2.75) is 51.0 Å². The van der Waals surface area contributed by atoms with Crippen molar-refractivity contribution in [3.8, 4) is 5.69 Å². The number of morpholine rings is 1. The molecule has 1 amide bonds. The Kier molecular flexibility index (Phi) is 6.84. The van der Waals surface area contributed by atoms with E-state index < -0.39 is 0 Å². The van der Waals surface area contributed by atoms with Crippen LogP contribution < -0.4 is 5.32 Å². The number of carbonyl (C=O) groups is 1. The van der Waals surface area contributed by atoms with Crippen LogP contribution in [-0.2, 0) is 4.74 Å². The molecule has 37 heavy (non-hydrogen) atoms. The number of carbonyl (C=O) groups excluding carboxylic acids is 1. The molecule has 3 heterocycles. The van der Waals surface area contributed by atoms with Gasteiger partial charge < -0.3 is 10.1 Å². The van der Waals surface area contributed by atoms with Gasteiger partial charge in [-0.2, -0.15) is 5.10 Å². The van der Waals surface area contributed by atoms with Crippen LogP contribution in [-0.4, -0.2) is 57.9 Å². The summed E-state index contributed by atoms with van der Waals surface area (Å²) in [7, 11) is 0. The van der Waals surface area contributed by atoms with E-state index in [1.165, 1.54) is 5.57 Å². The van der Waals surface area contributed by atoms with Gasteiger partial charge in [0.25, 0.3) is 5.91 Å². The molecule has 192 valence electrons. The number of halogens is 1. The highest BCUT2D eigenvalue weighted by molar-refractivity contribution is 6.30. The van der Waals surface area contributed by atoms with Gasteiger partial charge in [0.05, 0.1) is 53.9 Å². The molecule has 2 aliphatic carbocycles. The highest BCUT2D eigenvalue weighted by Crippen LogP contribution is 2.42. The Bertz CT molecular complexity index is 1320. The molecule has 6 rings (SSSR count). The number of rotatable bonds is 6. The van der Waals surface area contributed by atoms with Gasteiger partial charge in [0.1, 0.15) is 0 Å². The Morgan fingerprint density at radius 1 is 1.11 bits per heavy atom. The number of ether oxygens (including phenoxy) is 1. The molecule has 2 fully saturated rings. The van der Waals surface area contributed by atoms with Crippen LogP contribution in [0.5, 0.6) is 0 Å². The van der Waals surface area contributed by atoms with E-state index in [0.29, 0.717) is 28.2 Å². The van der Waals surface area contributed by atoms with Gasteiger partial charge in [0, 0.05) is 30.1 Å². The van der Waals surface area contributed by atoms with E-state index in [2.05, 4.69) is 28.3 Å². The highest BCUT2D eigenvalue weighted by Gasteiger charge is 2.33. The fourth-order valence-corrected chi connectivity index (χ4v) is 5.68. The second-order valence-corrected chi connectivity index (χ2v) is 10.7. The van der Waals surface area contributed by atoms with Gasteiger partial charge in [-0.1, -0.05) is 17.7 Å². The highest BCUT2D eigenvalue weighted by atomic mass is 35.5. The van der Waals surface area contributed by atoms with Crippen molar-refractivity contribution >= 4 is 28.8 Å². The largest absolute Gasteiger partial charge is 0.379 e. The topological polar surface area (TPSA) is 72.3 Å². The van der Waals surface area contributed by atoms with Crippen molar-refractivity contribution in [3.63, 3.8) is 0 Å². The predicted octanol–water partition coefficient (Wildman–Crippen LogP) is 5.63. The minimum absolute atomic E-state index is 0.152. The zero-order chi connectivity index (χ0) is 25.4. The smallest absolute Gasteiger partial charge is 0.259 e. The monoisotopic (exact) mass is 517 g/mol. The minimum Gasteiger partial charge on any atom is -0.379 e. The van der Waals surface area contributed by atoms with E-state index in [-0.39, 0.29) is 5.91 Å². The SMILES string of the molecule is Cc1cc(NC(=O)c2cnn(-c3ccc(Cl)cc3)c2C2CC2)cnc1C1=CCC(N2CCOCC2)CC1. The zero-order valence-electron chi connectivity index (χ0n) is 21.1. The van der Waals surface area contributed by atoms with Gasteiger partial charge in [-0.15, -0.1) is 0 Å². The number of hydrogen-bond acceptors (Lipinski definition) is 5. The molecule has 0 spiro atoms. The van der Waals surface area contributed by atoms with Gasteiger partial charge in [0.15, 0.2) is 0 Å². The number of nitrogens with zero attached hydrogens (tertiary/aromatic N) is 4. The van der Waals surface area contributed by atoms with Crippen molar-refractivity contribution in [3.05, 3.63) is 76.3 Å². The number of anilines is 1. The molecular formula is C29H32ClN5O2. The molecule has 8 heteroatoms. The number of pyridine rings is 1. The Morgan fingerprint density at radius 3 is 2.57 bits per heavy atom. The molecule has 3 aliphatic rings. The van der Waals surface area contributed by atoms with Crippen molar-refractivity contribution in [2.24, 2.45) is 0 Å². The second kappa shape index (κ2) is 10.4.